The standard InChI is InChI=1S/C14H22N4O4S/c1-18(12-4-7-23(20,21)10-12)13(19)11-8-16-14(17-9-11)15-5-3-6-22-2/h8-9,12H,3-7,10H2,1-2H3,(H,15,16,17). The van der Waals surface area contributed by atoms with Crippen LogP contribution in [0.1, 0.15) is 23.2 Å². The number of nitrogens with zero attached hydrogens (tertiary/aromatic N) is 3. The summed E-state index contributed by atoms with van der Waals surface area (Å²) in [7, 11) is 0.234. The first-order valence-electron chi connectivity index (χ1n) is 7.45. The molecule has 8 nitrogen and oxygen atoms in total. The van der Waals surface area contributed by atoms with E-state index in [2.05, 4.69) is 15.3 Å². The Bertz CT molecular complexity index is 633. The van der Waals surface area contributed by atoms with E-state index in [1.807, 2.05) is 0 Å². The van der Waals surface area contributed by atoms with Gasteiger partial charge < -0.3 is 15.0 Å². The lowest BCUT2D eigenvalue weighted by Crippen LogP contribution is -2.37. The quantitative estimate of drug-likeness (QED) is 0.706. The van der Waals surface area contributed by atoms with Crippen molar-refractivity contribution in [2.24, 2.45) is 0 Å². The maximum atomic E-state index is 12.4. The summed E-state index contributed by atoms with van der Waals surface area (Å²) in [6.07, 6.45) is 4.21. The minimum atomic E-state index is -3.02. The Kier molecular flexibility index (Phi) is 5.89. The molecule has 1 unspecified atom stereocenters. The van der Waals surface area contributed by atoms with E-state index in [0.29, 0.717) is 31.1 Å². The third kappa shape index (κ3) is 4.87. The molecule has 1 saturated heterocycles. The number of hydrogen-bond donors (Lipinski definition) is 1. The topological polar surface area (TPSA) is 101 Å². The summed E-state index contributed by atoms with van der Waals surface area (Å²) in [6, 6.07) is -0.278. The smallest absolute Gasteiger partial charge is 0.257 e. The van der Waals surface area contributed by atoms with E-state index in [9.17, 15) is 13.2 Å². The number of nitrogens with one attached hydrogen (secondary N) is 1. The molecule has 9 heteroatoms. The lowest BCUT2D eigenvalue weighted by atomic mass is 10.2. The third-order valence-electron chi connectivity index (χ3n) is 3.78. The Hall–Kier alpha value is -1.74. The molecule has 1 aromatic heterocycles. The van der Waals surface area contributed by atoms with Gasteiger partial charge in [-0.25, -0.2) is 18.4 Å². The van der Waals surface area contributed by atoms with E-state index in [1.54, 1.807) is 14.2 Å². The van der Waals surface area contributed by atoms with Crippen molar-refractivity contribution in [2.75, 3.05) is 44.1 Å². The maximum Gasteiger partial charge on any atom is 0.257 e. The fraction of sp³-hybridized carbons (Fsp3) is 0.643. The summed E-state index contributed by atoms with van der Waals surface area (Å²) in [5.74, 6) is 0.340. The molecular formula is C14H22N4O4S. The molecule has 1 atom stereocenters. The molecule has 1 aromatic rings. The highest BCUT2D eigenvalue weighted by Gasteiger charge is 2.33. The number of rotatable bonds is 7. The van der Waals surface area contributed by atoms with Gasteiger partial charge in [0.05, 0.1) is 17.1 Å². The van der Waals surface area contributed by atoms with Crippen molar-refractivity contribution in [3.63, 3.8) is 0 Å². The van der Waals surface area contributed by atoms with Crippen LogP contribution >= 0.6 is 0 Å². The van der Waals surface area contributed by atoms with E-state index < -0.39 is 9.84 Å². The molecule has 1 aliphatic rings. The number of carbonyl (C=O) groups is 1. The fourth-order valence-electron chi connectivity index (χ4n) is 2.40. The molecule has 2 heterocycles. The number of amides is 1. The lowest BCUT2D eigenvalue weighted by Gasteiger charge is -2.23. The average molecular weight is 342 g/mol. The first-order valence-corrected chi connectivity index (χ1v) is 9.27. The molecule has 0 saturated carbocycles. The van der Waals surface area contributed by atoms with Crippen LogP contribution in [0.5, 0.6) is 0 Å². The second kappa shape index (κ2) is 7.69. The minimum Gasteiger partial charge on any atom is -0.385 e. The number of aromatic nitrogens is 2. The molecule has 128 valence electrons. The molecule has 0 bridgehead atoms. The number of hydrogen-bond acceptors (Lipinski definition) is 7. The van der Waals surface area contributed by atoms with Crippen molar-refractivity contribution in [1.29, 1.82) is 0 Å². The number of carbonyl (C=O) groups excluding carboxylic acids is 1. The molecule has 1 fully saturated rings. The maximum absolute atomic E-state index is 12.4. The number of ether oxygens (including phenoxy) is 1. The van der Waals surface area contributed by atoms with Gasteiger partial charge in [0.2, 0.25) is 5.95 Å². The molecule has 0 aliphatic carbocycles. The highest BCUT2D eigenvalue weighted by Crippen LogP contribution is 2.18. The summed E-state index contributed by atoms with van der Waals surface area (Å²) in [5.41, 5.74) is 0.347. The zero-order chi connectivity index (χ0) is 16.9. The van der Waals surface area contributed by atoms with Crippen molar-refractivity contribution in [3.8, 4) is 0 Å². The number of sulfone groups is 1. The van der Waals surface area contributed by atoms with Crippen molar-refractivity contribution in [3.05, 3.63) is 18.0 Å². The van der Waals surface area contributed by atoms with E-state index in [4.69, 9.17) is 4.74 Å². The molecular weight excluding hydrogens is 320 g/mol. The normalized spacial score (nSPS) is 19.5. The second-order valence-electron chi connectivity index (χ2n) is 5.54. The largest absolute Gasteiger partial charge is 0.385 e. The molecule has 1 aliphatic heterocycles. The van der Waals surface area contributed by atoms with Crippen LogP contribution in [0.2, 0.25) is 0 Å². The van der Waals surface area contributed by atoms with Crippen LogP contribution in [0.4, 0.5) is 5.95 Å². The van der Waals surface area contributed by atoms with E-state index >= 15 is 0 Å². The van der Waals surface area contributed by atoms with Gasteiger partial charge >= 0.3 is 0 Å². The Morgan fingerprint density at radius 2 is 2.13 bits per heavy atom. The molecule has 0 aromatic carbocycles. The monoisotopic (exact) mass is 342 g/mol. The van der Waals surface area contributed by atoms with Gasteiger partial charge in [0.15, 0.2) is 9.84 Å². The van der Waals surface area contributed by atoms with Crippen LogP contribution in [-0.4, -0.2) is 74.0 Å². The Labute approximate surface area is 136 Å². The zero-order valence-electron chi connectivity index (χ0n) is 13.4. The summed E-state index contributed by atoms with van der Waals surface area (Å²) in [4.78, 5) is 22.0. The molecule has 2 rings (SSSR count). The fourth-order valence-corrected chi connectivity index (χ4v) is 4.17. The van der Waals surface area contributed by atoms with Crippen LogP contribution in [0, 0.1) is 0 Å². The van der Waals surface area contributed by atoms with Gasteiger partial charge in [-0.3, -0.25) is 4.79 Å². The van der Waals surface area contributed by atoms with Gasteiger partial charge in [-0.1, -0.05) is 0 Å². The highest BCUT2D eigenvalue weighted by atomic mass is 32.2. The van der Waals surface area contributed by atoms with Crippen LogP contribution in [0.15, 0.2) is 12.4 Å². The van der Waals surface area contributed by atoms with E-state index in [1.165, 1.54) is 17.3 Å². The highest BCUT2D eigenvalue weighted by molar-refractivity contribution is 7.91. The van der Waals surface area contributed by atoms with Crippen LogP contribution < -0.4 is 5.32 Å². The first-order chi connectivity index (χ1) is 10.9. The van der Waals surface area contributed by atoms with Gasteiger partial charge in [0.1, 0.15) is 0 Å². The molecule has 1 amide bonds. The lowest BCUT2D eigenvalue weighted by molar-refractivity contribution is 0.0747. The van der Waals surface area contributed by atoms with Crippen LogP contribution in [-0.2, 0) is 14.6 Å². The SMILES string of the molecule is COCCCNc1ncc(C(=O)N(C)C2CCS(=O)(=O)C2)cn1. The summed E-state index contributed by atoms with van der Waals surface area (Å²) >= 11 is 0. The number of methoxy groups -OCH3 is 1. The van der Waals surface area contributed by atoms with Gasteiger partial charge in [0, 0.05) is 45.7 Å². The minimum absolute atomic E-state index is 0.0231. The second-order valence-corrected chi connectivity index (χ2v) is 7.77. The molecule has 0 radical (unpaired) electrons. The van der Waals surface area contributed by atoms with Crippen molar-refractivity contribution in [2.45, 2.75) is 18.9 Å². The van der Waals surface area contributed by atoms with Crippen molar-refractivity contribution < 1.29 is 17.9 Å². The van der Waals surface area contributed by atoms with Crippen LogP contribution in [0.25, 0.3) is 0 Å². The van der Waals surface area contributed by atoms with Crippen molar-refractivity contribution in [1.82, 2.24) is 14.9 Å². The Morgan fingerprint density at radius 1 is 1.43 bits per heavy atom. The van der Waals surface area contributed by atoms with Gasteiger partial charge in [-0.05, 0) is 12.8 Å². The van der Waals surface area contributed by atoms with Gasteiger partial charge in [0.25, 0.3) is 5.91 Å². The van der Waals surface area contributed by atoms with Gasteiger partial charge in [-0.2, -0.15) is 0 Å². The van der Waals surface area contributed by atoms with Crippen LogP contribution in [0.3, 0.4) is 0 Å². The van der Waals surface area contributed by atoms with E-state index in [0.717, 1.165) is 6.42 Å². The Morgan fingerprint density at radius 3 is 2.70 bits per heavy atom. The summed E-state index contributed by atoms with van der Waals surface area (Å²) in [5, 5.41) is 3.03. The zero-order valence-corrected chi connectivity index (χ0v) is 14.2. The third-order valence-corrected chi connectivity index (χ3v) is 5.53. The number of anilines is 1. The van der Waals surface area contributed by atoms with Crippen molar-refractivity contribution >= 4 is 21.7 Å². The molecule has 1 N–H and O–H groups in total. The average Bonchev–Trinajstić information content (AvgIpc) is 2.91. The summed E-state index contributed by atoms with van der Waals surface area (Å²) < 4.78 is 28.0. The Balaban J connectivity index is 1.92. The predicted molar refractivity (Wildman–Crippen MR) is 86.2 cm³/mol. The molecule has 0 spiro atoms. The first kappa shape index (κ1) is 17.6. The predicted octanol–water partition coefficient (Wildman–Crippen LogP) is 0.184. The van der Waals surface area contributed by atoms with E-state index in [-0.39, 0.29) is 23.5 Å². The van der Waals surface area contributed by atoms with Gasteiger partial charge in [-0.15, -0.1) is 0 Å². The summed E-state index contributed by atoms with van der Waals surface area (Å²) in [6.45, 7) is 1.33. The molecule has 23 heavy (non-hydrogen) atoms.